The van der Waals surface area contributed by atoms with Gasteiger partial charge in [0.05, 0.1) is 11.5 Å². The van der Waals surface area contributed by atoms with Crippen LogP contribution in [-0.2, 0) is 0 Å². The maximum atomic E-state index is 11.7. The Balaban J connectivity index is 1.64. The molecule has 2 heterocycles. The molecule has 0 radical (unpaired) electrons. The smallest absolute Gasteiger partial charge is 0.353 e. The minimum absolute atomic E-state index is 0.153. The predicted molar refractivity (Wildman–Crippen MR) is 118 cm³/mol. The number of hydrogen-bond acceptors (Lipinski definition) is 8. The molecule has 162 valence electrons. The predicted octanol–water partition coefficient (Wildman–Crippen LogP) is 4.21. The van der Waals surface area contributed by atoms with Gasteiger partial charge in [0.2, 0.25) is 11.6 Å². The van der Waals surface area contributed by atoms with Crippen LogP contribution in [0.4, 0.5) is 23.0 Å². The largest absolute Gasteiger partial charge is 0.494 e. The summed E-state index contributed by atoms with van der Waals surface area (Å²) in [5, 5.41) is 17.9. The number of nitrogens with zero attached hydrogens (tertiary/aromatic N) is 4. The van der Waals surface area contributed by atoms with Gasteiger partial charge in [0.25, 0.3) is 0 Å². The van der Waals surface area contributed by atoms with E-state index in [-0.39, 0.29) is 17.3 Å². The van der Waals surface area contributed by atoms with Crippen molar-refractivity contribution in [1.82, 2.24) is 14.9 Å². The fraction of sp³-hybridized carbons (Fsp3) is 0.524. The van der Waals surface area contributed by atoms with Crippen LogP contribution in [0.2, 0.25) is 0 Å². The Labute approximate surface area is 177 Å². The van der Waals surface area contributed by atoms with Crippen LogP contribution in [0.3, 0.4) is 0 Å². The Kier molecular flexibility index (Phi) is 8.20. The molecule has 0 saturated carbocycles. The molecular formula is C21H30N6O3. The van der Waals surface area contributed by atoms with E-state index in [1.54, 1.807) is 0 Å². The Hall–Kier alpha value is -2.94. The second kappa shape index (κ2) is 11.3. The van der Waals surface area contributed by atoms with Gasteiger partial charge in [-0.25, -0.2) is 9.97 Å². The lowest BCUT2D eigenvalue weighted by Crippen LogP contribution is -2.33. The number of aromatic nitrogens is 2. The summed E-state index contributed by atoms with van der Waals surface area (Å²) in [6.45, 7) is 6.39. The summed E-state index contributed by atoms with van der Waals surface area (Å²) in [6.07, 6.45) is 7.11. The van der Waals surface area contributed by atoms with Crippen molar-refractivity contribution in [3.05, 3.63) is 40.7 Å². The minimum atomic E-state index is -0.451. The number of hydrogen-bond donors (Lipinski definition) is 2. The summed E-state index contributed by atoms with van der Waals surface area (Å²) < 4.78 is 5.65. The maximum absolute atomic E-state index is 11.7. The fourth-order valence-electron chi connectivity index (χ4n) is 3.39. The Morgan fingerprint density at radius 3 is 2.57 bits per heavy atom. The first kappa shape index (κ1) is 21.8. The van der Waals surface area contributed by atoms with Gasteiger partial charge >= 0.3 is 5.69 Å². The molecular weight excluding hydrogens is 384 g/mol. The van der Waals surface area contributed by atoms with Crippen molar-refractivity contribution in [2.24, 2.45) is 0 Å². The van der Waals surface area contributed by atoms with Crippen LogP contribution < -0.4 is 15.4 Å². The van der Waals surface area contributed by atoms with E-state index in [9.17, 15) is 10.1 Å². The summed E-state index contributed by atoms with van der Waals surface area (Å²) >= 11 is 0. The number of anilines is 3. The van der Waals surface area contributed by atoms with Crippen molar-refractivity contribution in [1.29, 1.82) is 0 Å². The first-order chi connectivity index (χ1) is 14.7. The van der Waals surface area contributed by atoms with Crippen molar-refractivity contribution in [3.8, 4) is 5.75 Å². The lowest BCUT2D eigenvalue weighted by Gasteiger charge is -2.26. The highest BCUT2D eigenvalue weighted by molar-refractivity contribution is 5.73. The molecule has 3 rings (SSSR count). The number of piperidine rings is 1. The third-order valence-electron chi connectivity index (χ3n) is 5.06. The van der Waals surface area contributed by atoms with Gasteiger partial charge in [0.15, 0.2) is 0 Å². The van der Waals surface area contributed by atoms with E-state index in [0.717, 1.165) is 38.2 Å². The van der Waals surface area contributed by atoms with Crippen LogP contribution in [0.25, 0.3) is 0 Å². The van der Waals surface area contributed by atoms with Crippen LogP contribution >= 0.6 is 0 Å². The van der Waals surface area contributed by atoms with E-state index in [1.807, 2.05) is 24.3 Å². The highest BCUT2D eigenvalue weighted by Crippen LogP contribution is 2.31. The molecule has 1 saturated heterocycles. The van der Waals surface area contributed by atoms with Crippen molar-refractivity contribution >= 4 is 23.0 Å². The Morgan fingerprint density at radius 2 is 1.87 bits per heavy atom. The molecule has 9 heteroatoms. The molecule has 0 atom stereocenters. The summed E-state index contributed by atoms with van der Waals surface area (Å²) in [7, 11) is 0. The van der Waals surface area contributed by atoms with E-state index >= 15 is 0 Å². The van der Waals surface area contributed by atoms with Gasteiger partial charge in [-0.2, -0.15) is 0 Å². The normalized spacial score (nSPS) is 14.3. The lowest BCUT2D eigenvalue weighted by atomic mass is 10.1. The third kappa shape index (κ3) is 6.28. The number of likely N-dealkylation sites (tertiary alicyclic amines) is 1. The Bertz CT molecular complexity index is 809. The minimum Gasteiger partial charge on any atom is -0.494 e. The first-order valence-electron chi connectivity index (χ1n) is 10.6. The van der Waals surface area contributed by atoms with Crippen molar-refractivity contribution in [3.63, 3.8) is 0 Å². The molecule has 2 aromatic rings. The van der Waals surface area contributed by atoms with Crippen LogP contribution in [-0.4, -0.2) is 52.6 Å². The van der Waals surface area contributed by atoms with Crippen LogP contribution in [0.1, 0.15) is 39.0 Å². The third-order valence-corrected chi connectivity index (χ3v) is 5.06. The van der Waals surface area contributed by atoms with Gasteiger partial charge < -0.3 is 20.3 Å². The SMILES string of the molecule is CCCCOc1ccc(Nc2ncnc(NCCN3CCCCC3)c2[N+](=O)[O-])cc1. The molecule has 1 aliphatic heterocycles. The average Bonchev–Trinajstić information content (AvgIpc) is 2.76. The fourth-order valence-corrected chi connectivity index (χ4v) is 3.39. The van der Waals surface area contributed by atoms with Gasteiger partial charge in [0.1, 0.15) is 12.1 Å². The summed E-state index contributed by atoms with van der Waals surface area (Å²) in [4.78, 5) is 21.8. The average molecular weight is 415 g/mol. The highest BCUT2D eigenvalue weighted by Gasteiger charge is 2.23. The lowest BCUT2D eigenvalue weighted by molar-refractivity contribution is -0.383. The zero-order chi connectivity index (χ0) is 21.2. The van der Waals surface area contributed by atoms with E-state index in [4.69, 9.17) is 4.74 Å². The molecule has 0 aliphatic carbocycles. The van der Waals surface area contributed by atoms with Gasteiger partial charge in [0, 0.05) is 18.8 Å². The standard InChI is InChI=1S/C21H30N6O3/c1-2-3-15-30-18-9-7-17(8-10-18)25-21-19(27(28)29)20(23-16-24-21)22-11-14-26-12-5-4-6-13-26/h7-10,16H,2-6,11-15H2,1H3,(H2,22,23,24,25). The molecule has 0 amide bonds. The quantitative estimate of drug-likeness (QED) is 0.320. The van der Waals surface area contributed by atoms with Crippen molar-refractivity contribution in [2.45, 2.75) is 39.0 Å². The van der Waals surface area contributed by atoms with E-state index < -0.39 is 4.92 Å². The van der Waals surface area contributed by atoms with Crippen molar-refractivity contribution in [2.75, 3.05) is 43.4 Å². The van der Waals surface area contributed by atoms with Crippen LogP contribution in [0, 0.1) is 10.1 Å². The Morgan fingerprint density at radius 1 is 1.13 bits per heavy atom. The number of nitrogens with one attached hydrogen (secondary N) is 2. The molecule has 1 aliphatic rings. The summed E-state index contributed by atoms with van der Waals surface area (Å²) in [5.41, 5.74) is 0.540. The van der Waals surface area contributed by atoms with Crippen LogP contribution in [0.15, 0.2) is 30.6 Å². The monoisotopic (exact) mass is 414 g/mol. The van der Waals surface area contributed by atoms with Gasteiger partial charge in [-0.1, -0.05) is 19.8 Å². The molecule has 1 fully saturated rings. The second-order valence-corrected chi connectivity index (χ2v) is 7.36. The first-order valence-corrected chi connectivity index (χ1v) is 10.6. The van der Waals surface area contributed by atoms with E-state index in [1.165, 1.54) is 25.6 Å². The molecule has 30 heavy (non-hydrogen) atoms. The highest BCUT2D eigenvalue weighted by atomic mass is 16.6. The maximum Gasteiger partial charge on any atom is 0.353 e. The molecule has 2 N–H and O–H groups in total. The molecule has 1 aromatic carbocycles. The number of ether oxygens (including phenoxy) is 1. The number of unbranched alkanes of at least 4 members (excludes halogenated alkanes) is 1. The van der Waals surface area contributed by atoms with Crippen LogP contribution in [0.5, 0.6) is 5.75 Å². The number of rotatable bonds is 11. The number of benzene rings is 1. The number of nitro groups is 1. The summed E-state index contributed by atoms with van der Waals surface area (Å²) in [6, 6.07) is 7.30. The topological polar surface area (TPSA) is 105 Å². The van der Waals surface area contributed by atoms with E-state index in [2.05, 4.69) is 32.4 Å². The zero-order valence-corrected chi connectivity index (χ0v) is 17.5. The molecule has 0 bridgehead atoms. The van der Waals surface area contributed by atoms with E-state index in [0.29, 0.717) is 18.8 Å². The zero-order valence-electron chi connectivity index (χ0n) is 17.5. The van der Waals surface area contributed by atoms with Gasteiger partial charge in [-0.15, -0.1) is 0 Å². The van der Waals surface area contributed by atoms with Crippen molar-refractivity contribution < 1.29 is 9.66 Å². The molecule has 1 aromatic heterocycles. The molecule has 9 nitrogen and oxygen atoms in total. The van der Waals surface area contributed by atoms with Gasteiger partial charge in [-0.3, -0.25) is 10.1 Å². The summed E-state index contributed by atoms with van der Waals surface area (Å²) in [5.74, 6) is 1.16. The molecule has 0 spiro atoms. The second-order valence-electron chi connectivity index (χ2n) is 7.36. The molecule has 0 unspecified atom stereocenters. The van der Waals surface area contributed by atoms with Gasteiger partial charge in [-0.05, 0) is 56.6 Å².